The standard InChI is InChI=1S/C21H25N3O2/c1-14-9-10-17(16(3)12-14)23-20(25)18-7-4-8-19(22-18)21(26)24-11-5-6-15(2)13-24/h4,7-10,12,15H,5-6,11,13H2,1-3H3,(H,23,25). The Morgan fingerprint density at radius 1 is 1.15 bits per heavy atom. The molecule has 1 aliphatic rings. The minimum absolute atomic E-state index is 0.0993. The lowest BCUT2D eigenvalue weighted by molar-refractivity contribution is 0.0677. The molecule has 1 aromatic heterocycles. The third-order valence-corrected chi connectivity index (χ3v) is 4.78. The molecule has 2 amide bonds. The van der Waals surface area contributed by atoms with E-state index in [1.165, 1.54) is 0 Å². The maximum Gasteiger partial charge on any atom is 0.274 e. The summed E-state index contributed by atoms with van der Waals surface area (Å²) in [6.07, 6.45) is 2.16. The van der Waals surface area contributed by atoms with Crippen molar-refractivity contribution in [3.63, 3.8) is 0 Å². The van der Waals surface area contributed by atoms with Crippen molar-refractivity contribution in [2.24, 2.45) is 5.92 Å². The summed E-state index contributed by atoms with van der Waals surface area (Å²) in [6.45, 7) is 7.62. The maximum absolute atomic E-state index is 12.7. The van der Waals surface area contributed by atoms with Gasteiger partial charge < -0.3 is 10.2 Å². The number of aromatic nitrogens is 1. The maximum atomic E-state index is 12.7. The number of amides is 2. The van der Waals surface area contributed by atoms with E-state index in [0.717, 1.165) is 42.7 Å². The van der Waals surface area contributed by atoms with Gasteiger partial charge in [-0.2, -0.15) is 0 Å². The number of likely N-dealkylation sites (tertiary alicyclic amines) is 1. The van der Waals surface area contributed by atoms with Crippen molar-refractivity contribution in [2.45, 2.75) is 33.6 Å². The minimum atomic E-state index is -0.307. The Bertz CT molecular complexity index is 832. The molecular weight excluding hydrogens is 326 g/mol. The number of rotatable bonds is 3. The molecule has 1 aliphatic heterocycles. The van der Waals surface area contributed by atoms with Crippen LogP contribution in [0.15, 0.2) is 36.4 Å². The normalized spacial score (nSPS) is 17.0. The highest BCUT2D eigenvalue weighted by molar-refractivity contribution is 6.04. The number of carbonyl (C=O) groups excluding carboxylic acids is 2. The van der Waals surface area contributed by atoms with Gasteiger partial charge in [0.25, 0.3) is 11.8 Å². The summed E-state index contributed by atoms with van der Waals surface area (Å²) in [7, 11) is 0. The Kier molecular flexibility index (Phi) is 5.35. The minimum Gasteiger partial charge on any atom is -0.337 e. The summed E-state index contributed by atoms with van der Waals surface area (Å²) in [5.74, 6) is 0.0972. The highest BCUT2D eigenvalue weighted by atomic mass is 16.2. The highest BCUT2D eigenvalue weighted by Gasteiger charge is 2.23. The summed E-state index contributed by atoms with van der Waals surface area (Å²) in [5, 5.41) is 2.88. The molecule has 1 saturated heterocycles. The van der Waals surface area contributed by atoms with Crippen LogP contribution in [-0.2, 0) is 0 Å². The highest BCUT2D eigenvalue weighted by Crippen LogP contribution is 2.19. The van der Waals surface area contributed by atoms with E-state index in [1.54, 1.807) is 18.2 Å². The average molecular weight is 351 g/mol. The second kappa shape index (κ2) is 7.68. The molecule has 0 aliphatic carbocycles. The third-order valence-electron chi connectivity index (χ3n) is 4.78. The number of hydrogen-bond donors (Lipinski definition) is 1. The van der Waals surface area contributed by atoms with Gasteiger partial charge >= 0.3 is 0 Å². The number of nitrogens with zero attached hydrogens (tertiary/aromatic N) is 2. The lowest BCUT2D eigenvalue weighted by atomic mass is 10.00. The average Bonchev–Trinajstić information content (AvgIpc) is 2.63. The van der Waals surface area contributed by atoms with Crippen LogP contribution in [0.1, 0.15) is 51.9 Å². The Labute approximate surface area is 154 Å². The predicted octanol–water partition coefficient (Wildman–Crippen LogP) is 3.82. The van der Waals surface area contributed by atoms with Crippen LogP contribution in [0.25, 0.3) is 0 Å². The Morgan fingerprint density at radius 3 is 2.65 bits per heavy atom. The number of piperidine rings is 1. The van der Waals surface area contributed by atoms with Crippen molar-refractivity contribution in [3.05, 3.63) is 58.9 Å². The molecule has 2 heterocycles. The molecule has 5 heteroatoms. The monoisotopic (exact) mass is 351 g/mol. The first-order chi connectivity index (χ1) is 12.4. The molecule has 1 atom stereocenters. The first-order valence-electron chi connectivity index (χ1n) is 9.09. The SMILES string of the molecule is Cc1ccc(NC(=O)c2cccc(C(=O)N3CCCC(C)C3)n2)c(C)c1. The van der Waals surface area contributed by atoms with Gasteiger partial charge in [0.15, 0.2) is 0 Å². The van der Waals surface area contributed by atoms with Gasteiger partial charge in [0.2, 0.25) is 0 Å². The molecule has 0 spiro atoms. The van der Waals surface area contributed by atoms with Gasteiger partial charge in [0.05, 0.1) is 0 Å². The topological polar surface area (TPSA) is 62.3 Å². The lowest BCUT2D eigenvalue weighted by Gasteiger charge is -2.30. The number of aryl methyl sites for hydroxylation is 2. The molecular formula is C21H25N3O2. The molecule has 0 saturated carbocycles. The van der Waals surface area contributed by atoms with E-state index in [0.29, 0.717) is 11.6 Å². The fourth-order valence-corrected chi connectivity index (χ4v) is 3.36. The molecule has 1 unspecified atom stereocenters. The van der Waals surface area contributed by atoms with Gasteiger partial charge in [-0.25, -0.2) is 4.98 Å². The van der Waals surface area contributed by atoms with Crippen LogP contribution in [0, 0.1) is 19.8 Å². The number of nitrogens with one attached hydrogen (secondary N) is 1. The Balaban J connectivity index is 1.75. The van der Waals surface area contributed by atoms with Crippen molar-refractivity contribution in [1.82, 2.24) is 9.88 Å². The zero-order chi connectivity index (χ0) is 18.7. The van der Waals surface area contributed by atoms with Crippen LogP contribution >= 0.6 is 0 Å². The molecule has 3 rings (SSSR count). The number of pyridine rings is 1. The van der Waals surface area contributed by atoms with Gasteiger partial charge in [-0.1, -0.05) is 30.7 Å². The van der Waals surface area contributed by atoms with Crippen LogP contribution in [0.5, 0.6) is 0 Å². The first-order valence-corrected chi connectivity index (χ1v) is 9.09. The summed E-state index contributed by atoms with van der Waals surface area (Å²) in [4.78, 5) is 31.4. The second-order valence-electron chi connectivity index (χ2n) is 7.18. The number of anilines is 1. The van der Waals surface area contributed by atoms with Gasteiger partial charge in [-0.05, 0) is 56.4 Å². The van der Waals surface area contributed by atoms with Crippen molar-refractivity contribution in [2.75, 3.05) is 18.4 Å². The van der Waals surface area contributed by atoms with Crippen LogP contribution in [0.4, 0.5) is 5.69 Å². The molecule has 0 radical (unpaired) electrons. The van der Waals surface area contributed by atoms with Gasteiger partial charge in [-0.3, -0.25) is 9.59 Å². The largest absolute Gasteiger partial charge is 0.337 e. The Morgan fingerprint density at radius 2 is 1.92 bits per heavy atom. The summed E-state index contributed by atoms with van der Waals surface area (Å²) < 4.78 is 0. The predicted molar refractivity (Wildman–Crippen MR) is 102 cm³/mol. The molecule has 1 N–H and O–H groups in total. The molecule has 1 aromatic carbocycles. The van der Waals surface area contributed by atoms with E-state index >= 15 is 0 Å². The van der Waals surface area contributed by atoms with E-state index in [1.807, 2.05) is 36.9 Å². The molecule has 26 heavy (non-hydrogen) atoms. The number of benzene rings is 1. The van der Waals surface area contributed by atoms with E-state index in [2.05, 4.69) is 17.2 Å². The van der Waals surface area contributed by atoms with E-state index < -0.39 is 0 Å². The molecule has 5 nitrogen and oxygen atoms in total. The van der Waals surface area contributed by atoms with E-state index in [4.69, 9.17) is 0 Å². The lowest BCUT2D eigenvalue weighted by Crippen LogP contribution is -2.39. The first kappa shape index (κ1) is 18.1. The van der Waals surface area contributed by atoms with Gasteiger partial charge in [0.1, 0.15) is 11.4 Å². The van der Waals surface area contributed by atoms with Crippen molar-refractivity contribution in [3.8, 4) is 0 Å². The summed E-state index contributed by atoms with van der Waals surface area (Å²) in [5.41, 5.74) is 3.46. The van der Waals surface area contributed by atoms with Crippen molar-refractivity contribution >= 4 is 17.5 Å². The zero-order valence-electron chi connectivity index (χ0n) is 15.6. The van der Waals surface area contributed by atoms with Crippen molar-refractivity contribution in [1.29, 1.82) is 0 Å². The smallest absolute Gasteiger partial charge is 0.274 e. The number of hydrogen-bond acceptors (Lipinski definition) is 3. The van der Waals surface area contributed by atoms with E-state index in [9.17, 15) is 9.59 Å². The molecule has 2 aromatic rings. The van der Waals surface area contributed by atoms with Gasteiger partial charge in [0, 0.05) is 18.8 Å². The fraction of sp³-hybridized carbons (Fsp3) is 0.381. The van der Waals surface area contributed by atoms with Crippen LogP contribution < -0.4 is 5.32 Å². The quantitative estimate of drug-likeness (QED) is 0.914. The Hall–Kier alpha value is -2.69. The van der Waals surface area contributed by atoms with Crippen LogP contribution in [-0.4, -0.2) is 34.8 Å². The second-order valence-corrected chi connectivity index (χ2v) is 7.18. The molecule has 1 fully saturated rings. The van der Waals surface area contributed by atoms with Crippen LogP contribution in [0.3, 0.4) is 0 Å². The molecule has 136 valence electrons. The summed E-state index contributed by atoms with van der Waals surface area (Å²) in [6, 6.07) is 10.9. The zero-order valence-corrected chi connectivity index (χ0v) is 15.6. The van der Waals surface area contributed by atoms with E-state index in [-0.39, 0.29) is 17.5 Å². The fourth-order valence-electron chi connectivity index (χ4n) is 3.36. The van der Waals surface area contributed by atoms with Gasteiger partial charge in [-0.15, -0.1) is 0 Å². The number of carbonyl (C=O) groups is 2. The van der Waals surface area contributed by atoms with Crippen molar-refractivity contribution < 1.29 is 9.59 Å². The third kappa shape index (κ3) is 4.10. The van der Waals surface area contributed by atoms with Crippen LogP contribution in [0.2, 0.25) is 0 Å². The summed E-state index contributed by atoms with van der Waals surface area (Å²) >= 11 is 0. The molecule has 0 bridgehead atoms.